The molecule has 0 saturated heterocycles. The molecular formula is C37H62N3O4S2+. The van der Waals surface area contributed by atoms with Crippen molar-refractivity contribution in [2.24, 2.45) is 5.73 Å². The number of primary amides is 1. The highest BCUT2D eigenvalue weighted by atomic mass is 33.1. The monoisotopic (exact) mass is 676 g/mol. The van der Waals surface area contributed by atoms with Crippen LogP contribution in [0.15, 0.2) is 72.9 Å². The van der Waals surface area contributed by atoms with E-state index >= 15 is 0 Å². The van der Waals surface area contributed by atoms with Crippen LogP contribution >= 0.6 is 21.6 Å². The summed E-state index contributed by atoms with van der Waals surface area (Å²) in [6.07, 6.45) is 32.9. The number of nitrogens with two attached hydrogens (primary N) is 1. The number of likely N-dealkylation sites (N-methyl/N-ethyl adjacent to an activating group) is 1. The number of nitrogens with one attached hydrogen (secondary N) is 1. The van der Waals surface area contributed by atoms with Crippen LogP contribution in [-0.2, 0) is 14.4 Å². The Kier molecular flexibility index (Phi) is 25.4. The second kappa shape index (κ2) is 26.7. The van der Waals surface area contributed by atoms with Gasteiger partial charge in [-0.25, -0.2) is 0 Å². The molecule has 7 nitrogen and oxygen atoms in total. The Bertz CT molecular complexity index is 1040. The van der Waals surface area contributed by atoms with Crippen molar-refractivity contribution in [3.8, 4) is 0 Å². The van der Waals surface area contributed by atoms with Gasteiger partial charge in [-0.1, -0.05) is 101 Å². The van der Waals surface area contributed by atoms with Crippen LogP contribution < -0.4 is 11.1 Å². The van der Waals surface area contributed by atoms with E-state index in [0.29, 0.717) is 36.0 Å². The number of hydrogen-bond acceptors (Lipinski definition) is 6. The molecule has 0 aromatic rings. The van der Waals surface area contributed by atoms with Crippen LogP contribution in [0.4, 0.5) is 0 Å². The van der Waals surface area contributed by atoms with Gasteiger partial charge in [0.15, 0.2) is 0 Å². The van der Waals surface area contributed by atoms with E-state index < -0.39 is 18.1 Å². The van der Waals surface area contributed by atoms with Crippen molar-refractivity contribution in [3.63, 3.8) is 0 Å². The zero-order valence-corrected chi connectivity index (χ0v) is 30.9. The minimum absolute atomic E-state index is 0.0498. The van der Waals surface area contributed by atoms with Crippen molar-refractivity contribution in [1.29, 1.82) is 0 Å². The summed E-state index contributed by atoms with van der Waals surface area (Å²) in [5, 5.41) is 12.9. The highest BCUT2D eigenvalue weighted by Gasteiger charge is 2.25. The van der Waals surface area contributed by atoms with Crippen LogP contribution in [0, 0.1) is 0 Å². The zero-order valence-electron chi connectivity index (χ0n) is 29.3. The number of quaternary nitrogens is 1. The van der Waals surface area contributed by atoms with Gasteiger partial charge in [0.05, 0.1) is 21.1 Å². The van der Waals surface area contributed by atoms with Crippen molar-refractivity contribution >= 4 is 39.2 Å². The Labute approximate surface area is 288 Å². The summed E-state index contributed by atoms with van der Waals surface area (Å²) in [5.74, 6) is -0.361. The maximum absolute atomic E-state index is 12.4. The fourth-order valence-corrected chi connectivity index (χ4v) is 6.90. The zero-order chi connectivity index (χ0) is 34.7. The largest absolute Gasteiger partial charge is 0.387 e. The number of rotatable bonds is 27. The number of carbonyl (C=O) groups excluding carboxylic acids is 3. The van der Waals surface area contributed by atoms with Gasteiger partial charge in [-0.3, -0.25) is 14.4 Å². The van der Waals surface area contributed by atoms with E-state index in [9.17, 15) is 19.5 Å². The molecule has 0 saturated carbocycles. The summed E-state index contributed by atoms with van der Waals surface area (Å²) in [7, 11) is 9.00. The quantitative estimate of drug-likeness (QED) is 0.0475. The Morgan fingerprint density at radius 2 is 1.28 bits per heavy atom. The van der Waals surface area contributed by atoms with Crippen molar-refractivity contribution in [1.82, 2.24) is 5.32 Å². The van der Waals surface area contributed by atoms with Crippen LogP contribution in [0.5, 0.6) is 0 Å². The van der Waals surface area contributed by atoms with Gasteiger partial charge < -0.3 is 20.6 Å². The van der Waals surface area contributed by atoms with Crippen molar-refractivity contribution < 1.29 is 24.0 Å². The molecule has 0 aromatic carbocycles. The van der Waals surface area contributed by atoms with E-state index in [4.69, 9.17) is 5.73 Å². The summed E-state index contributed by atoms with van der Waals surface area (Å²) < 4.78 is 0.389. The maximum atomic E-state index is 12.4. The van der Waals surface area contributed by atoms with Crippen LogP contribution in [0.1, 0.15) is 91.4 Å². The summed E-state index contributed by atoms with van der Waals surface area (Å²) in [5.41, 5.74) is 5.55. The van der Waals surface area contributed by atoms with Gasteiger partial charge in [-0.2, -0.15) is 0 Å². The summed E-state index contributed by atoms with van der Waals surface area (Å²) in [4.78, 5) is 36.7. The predicted octanol–water partition coefficient (Wildman–Crippen LogP) is 7.40. The molecule has 0 radical (unpaired) electrons. The number of Topliss-reactive ketones (excluding diaryl/α,β-unsaturated/α-hetero) is 1. The maximum Gasteiger partial charge on any atom is 0.240 e. The Hall–Kier alpha value is -2.33. The first-order chi connectivity index (χ1) is 21.8. The van der Waals surface area contributed by atoms with Gasteiger partial charge in [0.1, 0.15) is 24.5 Å². The molecule has 0 aliphatic heterocycles. The molecule has 1 unspecified atom stereocenters. The van der Waals surface area contributed by atoms with Gasteiger partial charge in [0.25, 0.3) is 0 Å². The number of ketones is 1. The first-order valence-corrected chi connectivity index (χ1v) is 18.9. The molecule has 9 heteroatoms. The number of carbonyl (C=O) groups is 3. The van der Waals surface area contributed by atoms with Gasteiger partial charge in [0, 0.05) is 29.8 Å². The third-order valence-corrected chi connectivity index (χ3v) is 9.92. The first kappa shape index (κ1) is 43.7. The minimum Gasteiger partial charge on any atom is -0.387 e. The minimum atomic E-state index is -0.752. The van der Waals surface area contributed by atoms with E-state index in [1.165, 1.54) is 10.8 Å². The van der Waals surface area contributed by atoms with Gasteiger partial charge in [-0.15, -0.1) is 0 Å². The number of amides is 2. The molecule has 0 fully saturated rings. The fourth-order valence-electron chi connectivity index (χ4n) is 4.12. The lowest BCUT2D eigenvalue weighted by Crippen LogP contribution is -2.46. The van der Waals surface area contributed by atoms with Gasteiger partial charge in [0.2, 0.25) is 11.8 Å². The third kappa shape index (κ3) is 29.1. The summed E-state index contributed by atoms with van der Waals surface area (Å²) >= 11 is 0. The Morgan fingerprint density at radius 3 is 1.74 bits per heavy atom. The topological polar surface area (TPSA) is 109 Å². The van der Waals surface area contributed by atoms with E-state index in [0.717, 1.165) is 38.5 Å². The third-order valence-electron chi connectivity index (χ3n) is 6.56. The molecule has 46 heavy (non-hydrogen) atoms. The van der Waals surface area contributed by atoms with Crippen LogP contribution in [0.25, 0.3) is 0 Å². The second-order valence-corrected chi connectivity index (χ2v) is 16.0. The lowest BCUT2D eigenvalue weighted by Gasteiger charge is -2.27. The average molecular weight is 677 g/mol. The molecule has 2 amide bonds. The van der Waals surface area contributed by atoms with E-state index in [2.05, 4.69) is 73.0 Å². The molecule has 4 N–H and O–H groups in total. The number of nitrogens with zero attached hydrogens (tertiary/aromatic N) is 1. The van der Waals surface area contributed by atoms with Crippen molar-refractivity contribution in [2.45, 2.75) is 108 Å². The van der Waals surface area contributed by atoms with E-state index in [-0.39, 0.29) is 29.3 Å². The second-order valence-electron chi connectivity index (χ2n) is 13.0. The number of aliphatic hydroxyl groups excluding tert-OH is 1. The van der Waals surface area contributed by atoms with Crippen molar-refractivity contribution in [3.05, 3.63) is 72.9 Å². The van der Waals surface area contributed by atoms with Crippen LogP contribution in [0.3, 0.4) is 0 Å². The smallest absolute Gasteiger partial charge is 0.240 e. The summed E-state index contributed by atoms with van der Waals surface area (Å²) in [6, 6.07) is -0.752. The van der Waals surface area contributed by atoms with E-state index in [1.54, 1.807) is 10.8 Å². The SMILES string of the molecule is CC/C=C\C/C=C\C/C=C\C/C=C\C/C=C\C/C=C\CCC(=O)N[C@@H](CSSC(C)(C)CCC(=O)CC(O)C[N+](C)(C)C)C(N)=O. The molecule has 0 bridgehead atoms. The summed E-state index contributed by atoms with van der Waals surface area (Å²) in [6.45, 7) is 6.76. The Morgan fingerprint density at radius 1 is 0.804 bits per heavy atom. The standard InChI is InChI=1S/C37H61N3O4S2/c1-7-8-9-10-11-12-13-14-15-16-17-18-19-20-21-22-23-24-25-26-35(43)39-34(36(38)44)31-45-46-37(2,3)28-27-32(41)29-33(42)30-40(4,5)6/h8-9,11-12,14-15,17-18,20-21,23-24,33-34,42H,7,10,13,16,19,22,25-31H2,1-6H3,(H2-,38,39,43,44)/p+1/b9-8-,12-11-,15-14-,18-17-,21-20-,24-23-/t33?,34-/m0/s1. The number of hydrogen-bond donors (Lipinski definition) is 3. The van der Waals surface area contributed by atoms with E-state index in [1.807, 2.05) is 47.1 Å². The molecule has 0 spiro atoms. The van der Waals surface area contributed by atoms with Crippen molar-refractivity contribution in [2.75, 3.05) is 33.4 Å². The average Bonchev–Trinajstić information content (AvgIpc) is 2.95. The van der Waals surface area contributed by atoms with Crippen LogP contribution in [-0.4, -0.2) is 77.5 Å². The molecule has 0 aliphatic carbocycles. The molecular weight excluding hydrogens is 615 g/mol. The lowest BCUT2D eigenvalue weighted by molar-refractivity contribution is -0.873. The van der Waals surface area contributed by atoms with Gasteiger partial charge in [-0.05, 0) is 65.2 Å². The highest BCUT2D eigenvalue weighted by Crippen LogP contribution is 2.39. The molecule has 260 valence electrons. The fraction of sp³-hybridized carbons (Fsp3) is 0.595. The molecule has 2 atom stereocenters. The molecule has 0 heterocycles. The predicted molar refractivity (Wildman–Crippen MR) is 200 cm³/mol. The Balaban J connectivity index is 4.17. The molecule has 0 aromatic heterocycles. The van der Waals surface area contributed by atoms with Gasteiger partial charge >= 0.3 is 0 Å². The highest BCUT2D eigenvalue weighted by molar-refractivity contribution is 8.77. The number of allylic oxidation sites excluding steroid dienone is 12. The normalized spacial score (nSPS) is 14.5. The lowest BCUT2D eigenvalue weighted by atomic mass is 10.0. The van der Waals surface area contributed by atoms with Crippen LogP contribution in [0.2, 0.25) is 0 Å². The molecule has 0 aliphatic rings. The molecule has 0 rings (SSSR count). The number of aliphatic hydroxyl groups is 1. The first-order valence-electron chi connectivity index (χ1n) is 16.5.